The molecule has 2 aromatic rings. The van der Waals surface area contributed by atoms with Crippen LogP contribution in [0.1, 0.15) is 24.1 Å². The molecule has 0 radical (unpaired) electrons. The van der Waals surface area contributed by atoms with Crippen LogP contribution >= 0.6 is 34.5 Å². The Morgan fingerprint density at radius 3 is 2.79 bits per heavy atom. The summed E-state index contributed by atoms with van der Waals surface area (Å²) >= 11 is 13.5. The summed E-state index contributed by atoms with van der Waals surface area (Å²) in [6.07, 6.45) is 2.92. The summed E-state index contributed by atoms with van der Waals surface area (Å²) in [6, 6.07) is 6.59. The van der Waals surface area contributed by atoms with Crippen LogP contribution < -0.4 is 5.32 Å². The van der Waals surface area contributed by atoms with Gasteiger partial charge in [-0.25, -0.2) is 4.79 Å². The molecule has 0 saturated heterocycles. The van der Waals surface area contributed by atoms with Crippen molar-refractivity contribution in [3.63, 3.8) is 0 Å². The van der Waals surface area contributed by atoms with Gasteiger partial charge in [-0.15, -0.1) is 0 Å². The van der Waals surface area contributed by atoms with E-state index in [0.29, 0.717) is 10.0 Å². The highest BCUT2D eigenvalue weighted by Crippen LogP contribution is 2.25. The molecule has 24 heavy (non-hydrogen) atoms. The zero-order chi connectivity index (χ0) is 17.5. The molecular formula is C17H15Cl2NO3S. The molecule has 1 aromatic carbocycles. The predicted molar refractivity (Wildman–Crippen MR) is 97.3 cm³/mol. The lowest BCUT2D eigenvalue weighted by atomic mass is 10.1. The highest BCUT2D eigenvalue weighted by Gasteiger charge is 2.14. The molecule has 1 atom stereocenters. The van der Waals surface area contributed by atoms with Crippen LogP contribution in [-0.4, -0.2) is 18.5 Å². The minimum absolute atomic E-state index is 0.331. The normalized spacial score (nSPS) is 12.1. The third-order valence-electron chi connectivity index (χ3n) is 3.11. The summed E-state index contributed by atoms with van der Waals surface area (Å²) < 4.78 is 4.90. The number of hydrogen-bond acceptors (Lipinski definition) is 4. The van der Waals surface area contributed by atoms with Crippen molar-refractivity contribution in [2.75, 3.05) is 6.61 Å². The van der Waals surface area contributed by atoms with Crippen LogP contribution in [0.4, 0.5) is 0 Å². The second-order valence-corrected chi connectivity index (χ2v) is 6.58. The monoisotopic (exact) mass is 383 g/mol. The van der Waals surface area contributed by atoms with Gasteiger partial charge >= 0.3 is 5.97 Å². The fourth-order valence-electron chi connectivity index (χ4n) is 1.93. The maximum atomic E-state index is 11.9. The zero-order valence-electron chi connectivity index (χ0n) is 12.8. The first-order valence-electron chi connectivity index (χ1n) is 7.07. The van der Waals surface area contributed by atoms with Crippen LogP contribution in [0.3, 0.4) is 0 Å². The number of nitrogens with one attached hydrogen (secondary N) is 1. The lowest BCUT2D eigenvalue weighted by Gasteiger charge is -2.15. The molecule has 1 N–H and O–H groups in total. The Hall–Kier alpha value is -1.82. The Bertz CT molecular complexity index is 744. The summed E-state index contributed by atoms with van der Waals surface area (Å²) in [5.41, 5.74) is 1.64. The smallest absolute Gasteiger partial charge is 0.331 e. The van der Waals surface area contributed by atoms with Crippen molar-refractivity contribution in [1.82, 2.24) is 5.32 Å². The van der Waals surface area contributed by atoms with E-state index in [1.54, 1.807) is 31.2 Å². The highest BCUT2D eigenvalue weighted by atomic mass is 35.5. The fourth-order valence-corrected chi connectivity index (χ4v) is 3.13. The number of esters is 1. The van der Waals surface area contributed by atoms with Gasteiger partial charge in [-0.1, -0.05) is 29.3 Å². The van der Waals surface area contributed by atoms with Gasteiger partial charge in [0.05, 0.1) is 6.04 Å². The van der Waals surface area contributed by atoms with Crippen LogP contribution in [0.5, 0.6) is 0 Å². The molecule has 2 rings (SSSR count). The number of benzene rings is 1. The van der Waals surface area contributed by atoms with Crippen molar-refractivity contribution in [3.05, 3.63) is 62.3 Å². The third-order valence-corrected chi connectivity index (χ3v) is 4.37. The largest absolute Gasteiger partial charge is 0.452 e. The predicted octanol–water partition coefficient (Wildman–Crippen LogP) is 4.49. The van der Waals surface area contributed by atoms with Crippen LogP contribution in [0, 0.1) is 0 Å². The number of amides is 1. The standard InChI is InChI=1S/C17H15Cl2NO3S/c1-11(14-4-3-13(18)8-15(14)19)20-16(21)9-23-17(22)5-2-12-6-7-24-10-12/h2-8,10-11H,9H2,1H3,(H,20,21)/b5-2+/t11-/m0/s1. The molecular weight excluding hydrogens is 369 g/mol. The minimum Gasteiger partial charge on any atom is -0.452 e. The Morgan fingerprint density at radius 2 is 2.12 bits per heavy atom. The van der Waals surface area contributed by atoms with E-state index in [0.717, 1.165) is 11.1 Å². The van der Waals surface area contributed by atoms with E-state index in [1.165, 1.54) is 17.4 Å². The van der Waals surface area contributed by atoms with E-state index in [4.69, 9.17) is 27.9 Å². The number of hydrogen-bond donors (Lipinski definition) is 1. The number of carbonyl (C=O) groups is 2. The second kappa shape index (κ2) is 8.87. The molecule has 1 amide bonds. The molecule has 4 nitrogen and oxygen atoms in total. The molecule has 126 valence electrons. The van der Waals surface area contributed by atoms with Crippen molar-refractivity contribution < 1.29 is 14.3 Å². The van der Waals surface area contributed by atoms with Crippen molar-refractivity contribution in [3.8, 4) is 0 Å². The Labute approximate surface area is 154 Å². The van der Waals surface area contributed by atoms with E-state index in [1.807, 2.05) is 16.8 Å². The Balaban J connectivity index is 1.81. The zero-order valence-corrected chi connectivity index (χ0v) is 15.1. The lowest BCUT2D eigenvalue weighted by Crippen LogP contribution is -2.31. The maximum Gasteiger partial charge on any atom is 0.331 e. The molecule has 0 bridgehead atoms. The third kappa shape index (κ3) is 5.67. The van der Waals surface area contributed by atoms with Crippen molar-refractivity contribution >= 4 is 52.5 Å². The van der Waals surface area contributed by atoms with E-state index in [-0.39, 0.29) is 12.6 Å². The summed E-state index contributed by atoms with van der Waals surface area (Å²) in [4.78, 5) is 23.4. The number of thiophene rings is 1. The average molecular weight is 384 g/mol. The van der Waals surface area contributed by atoms with Crippen LogP contribution in [-0.2, 0) is 14.3 Å². The molecule has 0 unspecified atom stereocenters. The van der Waals surface area contributed by atoms with Gasteiger partial charge in [-0.2, -0.15) is 11.3 Å². The van der Waals surface area contributed by atoms with Crippen molar-refractivity contribution in [2.45, 2.75) is 13.0 Å². The molecule has 0 spiro atoms. The highest BCUT2D eigenvalue weighted by molar-refractivity contribution is 7.08. The van der Waals surface area contributed by atoms with Gasteiger partial charge in [0.15, 0.2) is 6.61 Å². The average Bonchev–Trinajstić information content (AvgIpc) is 3.04. The van der Waals surface area contributed by atoms with Gasteiger partial charge in [0.2, 0.25) is 0 Å². The first kappa shape index (κ1) is 18.5. The maximum absolute atomic E-state index is 11.9. The molecule has 1 heterocycles. The summed E-state index contributed by atoms with van der Waals surface area (Å²) in [5, 5.41) is 7.50. The molecule has 1 aromatic heterocycles. The first-order valence-corrected chi connectivity index (χ1v) is 8.77. The number of ether oxygens (including phenoxy) is 1. The lowest BCUT2D eigenvalue weighted by molar-refractivity contribution is -0.144. The molecule has 0 fully saturated rings. The van der Waals surface area contributed by atoms with E-state index >= 15 is 0 Å². The fraction of sp³-hybridized carbons (Fsp3) is 0.176. The molecule has 7 heteroatoms. The van der Waals surface area contributed by atoms with Crippen molar-refractivity contribution in [1.29, 1.82) is 0 Å². The molecule has 0 saturated carbocycles. The molecule has 0 aliphatic rings. The summed E-state index contributed by atoms with van der Waals surface area (Å²) in [6.45, 7) is 1.42. The summed E-state index contributed by atoms with van der Waals surface area (Å²) in [5.74, 6) is -0.987. The Kier molecular flexibility index (Phi) is 6.85. The summed E-state index contributed by atoms with van der Waals surface area (Å²) in [7, 11) is 0. The van der Waals surface area contributed by atoms with Crippen LogP contribution in [0.15, 0.2) is 41.1 Å². The number of carbonyl (C=O) groups excluding carboxylic acids is 2. The van der Waals surface area contributed by atoms with Gasteiger partial charge in [0.25, 0.3) is 5.91 Å². The van der Waals surface area contributed by atoms with E-state index < -0.39 is 11.9 Å². The van der Waals surface area contributed by atoms with Gasteiger partial charge in [-0.3, -0.25) is 4.79 Å². The van der Waals surface area contributed by atoms with E-state index in [9.17, 15) is 9.59 Å². The van der Waals surface area contributed by atoms with Gasteiger partial charge in [-0.05, 0) is 53.1 Å². The minimum atomic E-state index is -0.575. The quantitative estimate of drug-likeness (QED) is 0.590. The number of rotatable bonds is 6. The van der Waals surface area contributed by atoms with Crippen LogP contribution in [0.25, 0.3) is 6.08 Å². The van der Waals surface area contributed by atoms with Gasteiger partial charge < -0.3 is 10.1 Å². The van der Waals surface area contributed by atoms with Gasteiger partial charge in [0, 0.05) is 16.1 Å². The van der Waals surface area contributed by atoms with E-state index in [2.05, 4.69) is 5.32 Å². The Morgan fingerprint density at radius 1 is 1.33 bits per heavy atom. The molecule has 0 aliphatic carbocycles. The van der Waals surface area contributed by atoms with Gasteiger partial charge in [0.1, 0.15) is 0 Å². The first-order chi connectivity index (χ1) is 11.5. The molecule has 0 aliphatic heterocycles. The SMILES string of the molecule is C[C@H](NC(=O)COC(=O)/C=C/c1ccsc1)c1ccc(Cl)cc1Cl. The van der Waals surface area contributed by atoms with Crippen molar-refractivity contribution in [2.24, 2.45) is 0 Å². The number of halogens is 2. The topological polar surface area (TPSA) is 55.4 Å². The second-order valence-electron chi connectivity index (χ2n) is 4.95. The van der Waals surface area contributed by atoms with Crippen LogP contribution in [0.2, 0.25) is 10.0 Å².